The van der Waals surface area contributed by atoms with Crippen LogP contribution >= 0.6 is 0 Å². The molecule has 1 N–H and O–H groups in total. The molecular formula is C22H33N3O6S. The number of nitrogens with zero attached hydrogens (tertiary/aromatic N) is 2. The SMILES string of the molecule is CCCOC(=O)C1(C)CN(C)CCCC(=C\c2ccc(NS(C)(=O)=O)c(OC)c2)/C=N/O1. The molecule has 10 heteroatoms. The minimum absolute atomic E-state index is 0.336. The van der Waals surface area contributed by atoms with E-state index in [1.165, 1.54) is 7.11 Å². The molecule has 178 valence electrons. The third kappa shape index (κ3) is 7.83. The fourth-order valence-electron chi connectivity index (χ4n) is 3.31. The number of benzene rings is 1. The number of nitrogens with one attached hydrogen (secondary N) is 1. The van der Waals surface area contributed by atoms with Crippen LogP contribution < -0.4 is 9.46 Å². The van der Waals surface area contributed by atoms with Crippen molar-refractivity contribution in [3.05, 3.63) is 29.3 Å². The van der Waals surface area contributed by atoms with Crippen LogP contribution in [0.3, 0.4) is 0 Å². The molecule has 9 nitrogen and oxygen atoms in total. The van der Waals surface area contributed by atoms with Crippen molar-refractivity contribution in [2.24, 2.45) is 5.16 Å². The number of methoxy groups -OCH3 is 1. The molecule has 0 fully saturated rings. The molecule has 0 aliphatic carbocycles. The van der Waals surface area contributed by atoms with E-state index < -0.39 is 21.6 Å². The first-order valence-electron chi connectivity index (χ1n) is 10.5. The Hall–Kier alpha value is -2.59. The number of likely N-dealkylation sites (N-methyl/N-ethyl adjacent to an activating group) is 1. The minimum Gasteiger partial charge on any atom is -0.495 e. The van der Waals surface area contributed by atoms with Gasteiger partial charge in [-0.1, -0.05) is 18.1 Å². The maximum Gasteiger partial charge on any atom is 0.354 e. The Labute approximate surface area is 190 Å². The Morgan fingerprint density at radius 3 is 2.81 bits per heavy atom. The third-order valence-corrected chi connectivity index (χ3v) is 5.38. The molecular weight excluding hydrogens is 434 g/mol. The largest absolute Gasteiger partial charge is 0.495 e. The quantitative estimate of drug-likeness (QED) is 0.615. The number of oxime groups is 1. The number of ether oxygens (including phenoxy) is 2. The molecule has 0 spiro atoms. The monoisotopic (exact) mass is 467 g/mol. The van der Waals surface area contributed by atoms with Gasteiger partial charge in [0.05, 0.1) is 38.4 Å². The molecule has 0 saturated carbocycles. The summed E-state index contributed by atoms with van der Waals surface area (Å²) in [6.07, 6.45) is 6.95. The summed E-state index contributed by atoms with van der Waals surface area (Å²) in [4.78, 5) is 20.2. The van der Waals surface area contributed by atoms with Crippen molar-refractivity contribution < 1.29 is 27.5 Å². The van der Waals surface area contributed by atoms with E-state index in [1.807, 2.05) is 24.9 Å². The van der Waals surface area contributed by atoms with Gasteiger partial charge in [0.25, 0.3) is 0 Å². The van der Waals surface area contributed by atoms with Gasteiger partial charge in [-0.25, -0.2) is 13.2 Å². The lowest BCUT2D eigenvalue weighted by molar-refractivity contribution is -0.172. The Morgan fingerprint density at radius 2 is 2.16 bits per heavy atom. The summed E-state index contributed by atoms with van der Waals surface area (Å²) < 4.78 is 36.1. The third-order valence-electron chi connectivity index (χ3n) is 4.79. The van der Waals surface area contributed by atoms with Gasteiger partial charge in [-0.2, -0.15) is 0 Å². The number of anilines is 1. The van der Waals surface area contributed by atoms with E-state index >= 15 is 0 Å². The first-order valence-corrected chi connectivity index (χ1v) is 12.4. The zero-order valence-corrected chi connectivity index (χ0v) is 20.2. The summed E-state index contributed by atoms with van der Waals surface area (Å²) in [5.41, 5.74) is 0.877. The lowest BCUT2D eigenvalue weighted by Gasteiger charge is -2.30. The zero-order chi connectivity index (χ0) is 23.8. The van der Waals surface area contributed by atoms with Crippen LogP contribution in [0.5, 0.6) is 5.75 Å². The highest BCUT2D eigenvalue weighted by Crippen LogP contribution is 2.28. The molecule has 2 rings (SSSR count). The summed E-state index contributed by atoms with van der Waals surface area (Å²) in [5, 5.41) is 4.09. The van der Waals surface area contributed by atoms with E-state index in [1.54, 1.807) is 31.3 Å². The van der Waals surface area contributed by atoms with Crippen LogP contribution in [-0.2, 0) is 24.4 Å². The molecule has 0 saturated heterocycles. The number of sulfonamides is 1. The molecule has 1 aliphatic heterocycles. The molecule has 0 radical (unpaired) electrons. The van der Waals surface area contributed by atoms with Gasteiger partial charge in [0.15, 0.2) is 0 Å². The van der Waals surface area contributed by atoms with Crippen LogP contribution in [0.15, 0.2) is 28.9 Å². The van der Waals surface area contributed by atoms with Crippen molar-refractivity contribution in [3.8, 4) is 5.75 Å². The smallest absolute Gasteiger partial charge is 0.354 e. The van der Waals surface area contributed by atoms with Crippen LogP contribution in [0.2, 0.25) is 0 Å². The maximum atomic E-state index is 12.5. The average Bonchev–Trinajstić information content (AvgIpc) is 2.71. The number of esters is 1. The van der Waals surface area contributed by atoms with Gasteiger partial charge in [-0.05, 0) is 69.1 Å². The zero-order valence-electron chi connectivity index (χ0n) is 19.4. The maximum absolute atomic E-state index is 12.5. The Bertz CT molecular complexity index is 960. The predicted octanol–water partition coefficient (Wildman–Crippen LogP) is 2.89. The molecule has 1 aromatic carbocycles. The molecule has 0 bridgehead atoms. The van der Waals surface area contributed by atoms with Crippen molar-refractivity contribution in [3.63, 3.8) is 0 Å². The highest BCUT2D eigenvalue weighted by molar-refractivity contribution is 7.92. The molecule has 0 amide bonds. The summed E-state index contributed by atoms with van der Waals surface area (Å²) in [5.74, 6) is -0.0306. The van der Waals surface area contributed by atoms with Crippen molar-refractivity contribution >= 4 is 34.0 Å². The van der Waals surface area contributed by atoms with Gasteiger partial charge >= 0.3 is 5.97 Å². The second-order valence-corrected chi connectivity index (χ2v) is 9.84. The highest BCUT2D eigenvalue weighted by Gasteiger charge is 2.39. The molecule has 0 aromatic heterocycles. The second-order valence-electron chi connectivity index (χ2n) is 8.09. The molecule has 1 unspecified atom stereocenters. The van der Waals surface area contributed by atoms with Gasteiger partial charge in [0.1, 0.15) is 5.75 Å². The normalized spacial score (nSPS) is 22.6. The van der Waals surface area contributed by atoms with Crippen molar-refractivity contribution in [1.82, 2.24) is 4.90 Å². The first kappa shape index (κ1) is 25.7. The average molecular weight is 468 g/mol. The molecule has 1 atom stereocenters. The number of carbonyl (C=O) groups is 1. The van der Waals surface area contributed by atoms with E-state index in [2.05, 4.69) is 9.88 Å². The van der Waals surface area contributed by atoms with Crippen molar-refractivity contribution in [2.45, 2.75) is 38.7 Å². The summed E-state index contributed by atoms with van der Waals surface area (Å²) in [6.45, 7) is 5.10. The van der Waals surface area contributed by atoms with Crippen LogP contribution in [0, 0.1) is 0 Å². The predicted molar refractivity (Wildman–Crippen MR) is 125 cm³/mol. The number of hydrogen-bond acceptors (Lipinski definition) is 8. The van der Waals surface area contributed by atoms with Gasteiger partial charge in [0.2, 0.25) is 15.6 Å². The standard InChI is InChI=1S/C22H33N3O6S/c1-6-12-30-21(26)22(2)16-25(3)11-7-8-18(15-23-31-22)13-17-9-10-19(20(14-17)29-4)24-32(5,27)28/h9-10,13-15,24H,6-8,11-12,16H2,1-5H3/b18-13+,23-15+. The Balaban J connectivity index is 2.27. The van der Waals surface area contributed by atoms with E-state index in [0.717, 1.165) is 43.2 Å². The topological polar surface area (TPSA) is 107 Å². The summed E-state index contributed by atoms with van der Waals surface area (Å²) in [7, 11) is -0.00985. The molecule has 1 aliphatic rings. The Kier molecular flexibility index (Phi) is 9.09. The summed E-state index contributed by atoms with van der Waals surface area (Å²) in [6, 6.07) is 5.18. The van der Waals surface area contributed by atoms with Crippen LogP contribution in [0.4, 0.5) is 5.69 Å². The molecule has 1 aromatic rings. The minimum atomic E-state index is -3.42. The fourth-order valence-corrected chi connectivity index (χ4v) is 3.87. The molecule has 32 heavy (non-hydrogen) atoms. The van der Waals surface area contributed by atoms with Gasteiger partial charge in [0, 0.05) is 0 Å². The highest BCUT2D eigenvalue weighted by atomic mass is 32.2. The van der Waals surface area contributed by atoms with Gasteiger partial charge < -0.3 is 19.2 Å². The van der Waals surface area contributed by atoms with E-state index in [4.69, 9.17) is 14.3 Å². The van der Waals surface area contributed by atoms with Gasteiger partial charge in [-0.15, -0.1) is 0 Å². The van der Waals surface area contributed by atoms with Crippen LogP contribution in [0.1, 0.15) is 38.7 Å². The number of allylic oxidation sites excluding steroid dienone is 1. The lowest BCUT2D eigenvalue weighted by Crippen LogP contribution is -2.48. The first-order chi connectivity index (χ1) is 15.1. The van der Waals surface area contributed by atoms with Crippen LogP contribution in [-0.4, -0.2) is 71.2 Å². The van der Waals surface area contributed by atoms with Crippen LogP contribution in [0.25, 0.3) is 6.08 Å². The van der Waals surface area contributed by atoms with E-state index in [9.17, 15) is 13.2 Å². The summed E-state index contributed by atoms with van der Waals surface area (Å²) >= 11 is 0. The Morgan fingerprint density at radius 1 is 1.41 bits per heavy atom. The number of hydrogen-bond donors (Lipinski definition) is 1. The molecule has 1 heterocycles. The number of rotatable bonds is 7. The fraction of sp³-hybridized carbons (Fsp3) is 0.545. The van der Waals surface area contributed by atoms with Crippen molar-refractivity contribution in [1.29, 1.82) is 0 Å². The van der Waals surface area contributed by atoms with E-state index in [-0.39, 0.29) is 0 Å². The van der Waals surface area contributed by atoms with Gasteiger partial charge in [-0.3, -0.25) is 4.72 Å². The van der Waals surface area contributed by atoms with Crippen molar-refractivity contribution in [2.75, 3.05) is 44.8 Å². The lowest BCUT2D eigenvalue weighted by atomic mass is 10.0. The van der Waals surface area contributed by atoms with E-state index in [0.29, 0.717) is 24.6 Å². The second kappa shape index (κ2) is 11.3. The number of carbonyl (C=O) groups excluding carboxylic acids is 1.